The van der Waals surface area contributed by atoms with E-state index in [0.29, 0.717) is 13.0 Å². The van der Waals surface area contributed by atoms with Crippen LogP contribution >= 0.6 is 0 Å². The third-order valence-corrected chi connectivity index (χ3v) is 5.12. The molecule has 0 saturated heterocycles. The SMILES string of the molecule is CCCCCCCCCCCCCCC(=O)N[C@@H](CCC(=O)NCCC)C(=O)O. The fourth-order valence-electron chi connectivity index (χ4n) is 3.28. The Kier molecular flexibility index (Phi) is 18.6. The summed E-state index contributed by atoms with van der Waals surface area (Å²) in [6, 6.07) is -0.993. The van der Waals surface area contributed by atoms with Crippen molar-refractivity contribution in [3.05, 3.63) is 0 Å². The number of carboxylic acid groups (broad SMARTS) is 1. The van der Waals surface area contributed by atoms with Crippen LogP contribution < -0.4 is 10.6 Å². The number of carbonyl (C=O) groups is 3. The molecule has 3 N–H and O–H groups in total. The van der Waals surface area contributed by atoms with Gasteiger partial charge in [-0.3, -0.25) is 9.59 Å². The summed E-state index contributed by atoms with van der Waals surface area (Å²) in [7, 11) is 0. The first-order valence-electron chi connectivity index (χ1n) is 11.8. The van der Waals surface area contributed by atoms with Gasteiger partial charge in [0.15, 0.2) is 0 Å². The average molecular weight is 413 g/mol. The van der Waals surface area contributed by atoms with Crippen LogP contribution in [0.1, 0.15) is 117 Å². The lowest BCUT2D eigenvalue weighted by Gasteiger charge is -2.14. The molecule has 6 nitrogen and oxygen atoms in total. The van der Waals surface area contributed by atoms with E-state index in [2.05, 4.69) is 17.6 Å². The van der Waals surface area contributed by atoms with Crippen molar-refractivity contribution in [2.24, 2.45) is 0 Å². The zero-order chi connectivity index (χ0) is 21.7. The van der Waals surface area contributed by atoms with Crippen LogP contribution in [0.4, 0.5) is 0 Å². The van der Waals surface area contributed by atoms with Gasteiger partial charge in [0.1, 0.15) is 6.04 Å². The zero-order valence-electron chi connectivity index (χ0n) is 18.8. The van der Waals surface area contributed by atoms with Crippen LogP contribution in [0, 0.1) is 0 Å². The molecular weight excluding hydrogens is 368 g/mol. The molecule has 170 valence electrons. The minimum absolute atomic E-state index is 0.107. The molecule has 29 heavy (non-hydrogen) atoms. The molecule has 1 atom stereocenters. The molecule has 0 rings (SSSR count). The van der Waals surface area contributed by atoms with Crippen molar-refractivity contribution >= 4 is 17.8 Å². The third-order valence-electron chi connectivity index (χ3n) is 5.12. The van der Waals surface area contributed by atoms with E-state index in [1.165, 1.54) is 57.8 Å². The Bertz CT molecular complexity index is 441. The maximum absolute atomic E-state index is 12.0. The van der Waals surface area contributed by atoms with Crippen molar-refractivity contribution in [1.29, 1.82) is 0 Å². The van der Waals surface area contributed by atoms with Gasteiger partial charge >= 0.3 is 5.97 Å². The number of aliphatic carboxylic acids is 1. The zero-order valence-corrected chi connectivity index (χ0v) is 18.8. The summed E-state index contributed by atoms with van der Waals surface area (Å²) >= 11 is 0. The molecule has 0 bridgehead atoms. The summed E-state index contributed by atoms with van der Waals surface area (Å²) in [6.07, 6.45) is 16.2. The number of unbranched alkanes of at least 4 members (excludes halogenated alkanes) is 11. The summed E-state index contributed by atoms with van der Waals surface area (Å²) in [5.41, 5.74) is 0. The fraction of sp³-hybridized carbons (Fsp3) is 0.870. The lowest BCUT2D eigenvalue weighted by atomic mass is 10.0. The Morgan fingerprint density at radius 2 is 1.21 bits per heavy atom. The maximum Gasteiger partial charge on any atom is 0.326 e. The molecule has 2 amide bonds. The van der Waals surface area contributed by atoms with Crippen LogP contribution in [-0.4, -0.2) is 35.5 Å². The molecule has 0 heterocycles. The lowest BCUT2D eigenvalue weighted by molar-refractivity contribution is -0.142. The predicted octanol–water partition coefficient (Wildman–Crippen LogP) is 4.95. The van der Waals surface area contributed by atoms with Gasteiger partial charge in [0.05, 0.1) is 0 Å². The van der Waals surface area contributed by atoms with Crippen molar-refractivity contribution < 1.29 is 19.5 Å². The van der Waals surface area contributed by atoms with Crippen molar-refractivity contribution in [1.82, 2.24) is 10.6 Å². The highest BCUT2D eigenvalue weighted by molar-refractivity contribution is 5.84. The summed E-state index contributed by atoms with van der Waals surface area (Å²) in [6.45, 7) is 4.78. The van der Waals surface area contributed by atoms with Crippen LogP contribution in [-0.2, 0) is 14.4 Å². The van der Waals surface area contributed by atoms with Gasteiger partial charge in [-0.15, -0.1) is 0 Å². The summed E-state index contributed by atoms with van der Waals surface area (Å²) < 4.78 is 0. The Morgan fingerprint density at radius 1 is 0.690 bits per heavy atom. The van der Waals surface area contributed by atoms with Crippen LogP contribution in [0.2, 0.25) is 0 Å². The molecule has 0 saturated carbocycles. The smallest absolute Gasteiger partial charge is 0.326 e. The van der Waals surface area contributed by atoms with E-state index < -0.39 is 12.0 Å². The van der Waals surface area contributed by atoms with Crippen molar-refractivity contribution in [2.45, 2.75) is 123 Å². The fourth-order valence-corrected chi connectivity index (χ4v) is 3.28. The van der Waals surface area contributed by atoms with Gasteiger partial charge in [-0.2, -0.15) is 0 Å². The quantitative estimate of drug-likeness (QED) is 0.246. The molecule has 0 fully saturated rings. The van der Waals surface area contributed by atoms with E-state index in [0.717, 1.165) is 25.7 Å². The molecule has 0 aliphatic carbocycles. The van der Waals surface area contributed by atoms with Gasteiger partial charge in [0, 0.05) is 19.4 Å². The number of hydrogen-bond acceptors (Lipinski definition) is 3. The van der Waals surface area contributed by atoms with Gasteiger partial charge in [0.2, 0.25) is 11.8 Å². The highest BCUT2D eigenvalue weighted by Crippen LogP contribution is 2.12. The topological polar surface area (TPSA) is 95.5 Å². The van der Waals surface area contributed by atoms with E-state index >= 15 is 0 Å². The predicted molar refractivity (Wildman–Crippen MR) is 118 cm³/mol. The first kappa shape index (κ1) is 27.4. The first-order chi connectivity index (χ1) is 14.0. The monoisotopic (exact) mass is 412 g/mol. The van der Waals surface area contributed by atoms with Crippen LogP contribution in [0.25, 0.3) is 0 Å². The molecule has 0 radical (unpaired) electrons. The van der Waals surface area contributed by atoms with E-state index in [9.17, 15) is 19.5 Å². The van der Waals surface area contributed by atoms with Crippen molar-refractivity contribution in [3.63, 3.8) is 0 Å². The molecule has 0 aliphatic heterocycles. The largest absolute Gasteiger partial charge is 0.480 e. The number of rotatable bonds is 20. The first-order valence-corrected chi connectivity index (χ1v) is 11.8. The highest BCUT2D eigenvalue weighted by Gasteiger charge is 2.20. The average Bonchev–Trinajstić information content (AvgIpc) is 2.70. The van der Waals surface area contributed by atoms with Gasteiger partial charge in [-0.05, 0) is 19.3 Å². The second kappa shape index (κ2) is 19.7. The normalized spacial score (nSPS) is 11.8. The molecule has 0 unspecified atom stereocenters. The molecule has 0 spiro atoms. The second-order valence-electron chi connectivity index (χ2n) is 7.99. The van der Waals surface area contributed by atoms with Crippen LogP contribution in [0.5, 0.6) is 0 Å². The summed E-state index contributed by atoms with van der Waals surface area (Å²) in [5.74, 6) is -1.50. The van der Waals surface area contributed by atoms with Crippen LogP contribution in [0.3, 0.4) is 0 Å². The highest BCUT2D eigenvalue weighted by atomic mass is 16.4. The minimum Gasteiger partial charge on any atom is -0.480 e. The van der Waals surface area contributed by atoms with Gasteiger partial charge < -0.3 is 15.7 Å². The van der Waals surface area contributed by atoms with Crippen LogP contribution in [0.15, 0.2) is 0 Å². The lowest BCUT2D eigenvalue weighted by Crippen LogP contribution is -2.41. The molecule has 0 aliphatic rings. The summed E-state index contributed by atoms with van der Waals surface area (Å²) in [4.78, 5) is 34.9. The van der Waals surface area contributed by atoms with Gasteiger partial charge in [-0.25, -0.2) is 4.79 Å². The van der Waals surface area contributed by atoms with E-state index in [1.54, 1.807) is 0 Å². The minimum atomic E-state index is -1.09. The van der Waals surface area contributed by atoms with E-state index in [4.69, 9.17) is 0 Å². The third kappa shape index (κ3) is 18.2. The standard InChI is InChI=1S/C23H44N2O4/c1-3-5-6-7-8-9-10-11-12-13-14-15-16-22(27)25-20(23(28)29)17-18-21(26)24-19-4-2/h20H,3-19H2,1-2H3,(H,24,26)(H,25,27)(H,28,29)/t20-/m0/s1. The van der Waals surface area contributed by atoms with Crippen molar-refractivity contribution in [3.8, 4) is 0 Å². The molecule has 0 aromatic heterocycles. The Hall–Kier alpha value is -1.59. The van der Waals surface area contributed by atoms with E-state index in [-0.39, 0.29) is 24.7 Å². The molecular formula is C23H44N2O4. The number of carboxylic acids is 1. The Labute approximate surface area is 177 Å². The Morgan fingerprint density at radius 3 is 1.69 bits per heavy atom. The molecule has 0 aromatic rings. The molecule has 0 aromatic carbocycles. The second-order valence-corrected chi connectivity index (χ2v) is 7.99. The number of carbonyl (C=O) groups excluding carboxylic acids is 2. The van der Waals surface area contributed by atoms with Gasteiger partial charge in [-0.1, -0.05) is 84.5 Å². The molecule has 6 heteroatoms. The number of amides is 2. The number of nitrogens with one attached hydrogen (secondary N) is 2. The maximum atomic E-state index is 12.0. The van der Waals surface area contributed by atoms with Gasteiger partial charge in [0.25, 0.3) is 0 Å². The Balaban J connectivity index is 3.69. The number of hydrogen-bond donors (Lipinski definition) is 3. The summed E-state index contributed by atoms with van der Waals surface area (Å²) in [5, 5.41) is 14.5. The van der Waals surface area contributed by atoms with E-state index in [1.807, 2.05) is 6.92 Å². The van der Waals surface area contributed by atoms with Crippen molar-refractivity contribution in [2.75, 3.05) is 6.54 Å².